The molecule has 3 aromatic rings. The minimum absolute atomic E-state index is 0.148. The number of aromatic nitrogens is 1. The molecule has 9 nitrogen and oxygen atoms in total. The number of halogens is 3. The number of fused-ring (bicyclic) bond motifs is 1. The highest BCUT2D eigenvalue weighted by Crippen LogP contribution is 2.35. The van der Waals surface area contributed by atoms with E-state index in [1.807, 2.05) is 26.1 Å². The Hall–Kier alpha value is -4.16. The minimum atomic E-state index is -4.49. The van der Waals surface area contributed by atoms with E-state index in [9.17, 15) is 27.9 Å². The summed E-state index contributed by atoms with van der Waals surface area (Å²) in [5.74, 6) is -0.326. The van der Waals surface area contributed by atoms with Crippen molar-refractivity contribution >= 4 is 23.3 Å². The molecule has 0 fully saturated rings. The van der Waals surface area contributed by atoms with Gasteiger partial charge in [-0.15, -0.1) is 0 Å². The Morgan fingerprint density at radius 2 is 1.83 bits per heavy atom. The van der Waals surface area contributed by atoms with Gasteiger partial charge < -0.3 is 25.4 Å². The van der Waals surface area contributed by atoms with E-state index in [0.29, 0.717) is 19.6 Å². The molecule has 2 heterocycles. The number of benzene rings is 2. The lowest BCUT2D eigenvalue weighted by Crippen LogP contribution is -2.49. The van der Waals surface area contributed by atoms with Crippen LogP contribution >= 0.6 is 0 Å². The number of para-hydroxylation sites is 1. The van der Waals surface area contributed by atoms with Gasteiger partial charge in [0.2, 0.25) is 0 Å². The number of pyridine rings is 1. The van der Waals surface area contributed by atoms with Crippen LogP contribution in [0, 0.1) is 5.92 Å². The van der Waals surface area contributed by atoms with Gasteiger partial charge in [-0.05, 0) is 68.1 Å². The van der Waals surface area contributed by atoms with Crippen LogP contribution in [-0.4, -0.2) is 70.7 Å². The fraction of sp³-hybridized carbons (Fsp3) is 0.367. The van der Waals surface area contributed by atoms with Gasteiger partial charge in [-0.1, -0.05) is 13.0 Å². The average Bonchev–Trinajstić information content (AvgIpc) is 2.95. The van der Waals surface area contributed by atoms with E-state index in [1.54, 1.807) is 42.4 Å². The van der Waals surface area contributed by atoms with E-state index < -0.39 is 29.9 Å². The molecule has 3 atom stereocenters. The van der Waals surface area contributed by atoms with Crippen molar-refractivity contribution in [2.75, 3.05) is 37.4 Å². The molecule has 12 heteroatoms. The van der Waals surface area contributed by atoms with Gasteiger partial charge >= 0.3 is 12.2 Å². The van der Waals surface area contributed by atoms with Crippen molar-refractivity contribution in [1.82, 2.24) is 14.8 Å². The Labute approximate surface area is 242 Å². The largest absolute Gasteiger partial charge is 0.486 e. The molecule has 3 amide bonds. The van der Waals surface area contributed by atoms with Gasteiger partial charge in [0.1, 0.15) is 6.10 Å². The van der Waals surface area contributed by atoms with Crippen LogP contribution in [0.15, 0.2) is 67.0 Å². The zero-order valence-electron chi connectivity index (χ0n) is 23.6. The van der Waals surface area contributed by atoms with Crippen molar-refractivity contribution in [3.8, 4) is 5.75 Å². The van der Waals surface area contributed by atoms with E-state index in [1.165, 1.54) is 0 Å². The van der Waals surface area contributed by atoms with Gasteiger partial charge in [0.25, 0.3) is 5.91 Å². The number of aliphatic hydroxyl groups is 1. The molecule has 3 N–H and O–H groups in total. The number of nitrogens with one attached hydrogen (secondary N) is 2. The summed E-state index contributed by atoms with van der Waals surface area (Å²) in [6.45, 7) is 4.97. The summed E-state index contributed by atoms with van der Waals surface area (Å²) in [4.78, 5) is 34.3. The van der Waals surface area contributed by atoms with E-state index in [4.69, 9.17) is 4.74 Å². The number of urea groups is 1. The summed E-state index contributed by atoms with van der Waals surface area (Å²) in [6, 6.07) is 11.5. The van der Waals surface area contributed by atoms with Gasteiger partial charge in [-0.25, -0.2) is 4.79 Å². The van der Waals surface area contributed by atoms with Crippen LogP contribution in [0.5, 0.6) is 5.75 Å². The second kappa shape index (κ2) is 13.2. The predicted octanol–water partition coefficient (Wildman–Crippen LogP) is 5.10. The first-order chi connectivity index (χ1) is 20.0. The van der Waals surface area contributed by atoms with Crippen LogP contribution < -0.4 is 15.4 Å². The third-order valence-corrected chi connectivity index (χ3v) is 7.10. The van der Waals surface area contributed by atoms with Crippen molar-refractivity contribution in [3.05, 3.63) is 83.7 Å². The van der Waals surface area contributed by atoms with Crippen molar-refractivity contribution in [2.45, 2.75) is 38.7 Å². The molecule has 0 bridgehead atoms. The molecule has 0 saturated carbocycles. The Balaban J connectivity index is 1.60. The molecule has 0 unspecified atom stereocenters. The molecule has 1 aromatic heterocycles. The van der Waals surface area contributed by atoms with Crippen LogP contribution in [0.4, 0.5) is 29.3 Å². The van der Waals surface area contributed by atoms with Crippen LogP contribution in [0.3, 0.4) is 0 Å². The quantitative estimate of drug-likeness (QED) is 0.340. The Bertz CT molecular complexity index is 1370. The van der Waals surface area contributed by atoms with Crippen LogP contribution in [0.2, 0.25) is 0 Å². The number of likely N-dealkylation sites (N-methyl/N-ethyl adjacent to an activating group) is 1. The Kier molecular flexibility index (Phi) is 9.69. The number of amides is 3. The lowest BCUT2D eigenvalue weighted by atomic mass is 9.99. The first kappa shape index (κ1) is 30.8. The zero-order valence-corrected chi connectivity index (χ0v) is 23.6. The molecule has 0 aliphatic carbocycles. The van der Waals surface area contributed by atoms with Crippen LogP contribution in [-0.2, 0) is 12.7 Å². The molecule has 1 aliphatic rings. The number of hydrogen-bond donors (Lipinski definition) is 3. The maximum atomic E-state index is 13.6. The summed E-state index contributed by atoms with van der Waals surface area (Å²) in [6.07, 6.45) is -1.45. The third-order valence-electron chi connectivity index (χ3n) is 7.10. The maximum absolute atomic E-state index is 13.6. The van der Waals surface area contributed by atoms with Crippen LogP contribution in [0.1, 0.15) is 35.3 Å². The topological polar surface area (TPSA) is 107 Å². The Morgan fingerprint density at radius 3 is 2.48 bits per heavy atom. The zero-order chi connectivity index (χ0) is 30.4. The van der Waals surface area contributed by atoms with E-state index in [2.05, 4.69) is 20.5 Å². The van der Waals surface area contributed by atoms with E-state index in [-0.39, 0.29) is 41.1 Å². The van der Waals surface area contributed by atoms with Crippen molar-refractivity contribution < 1.29 is 32.6 Å². The average molecular weight is 586 g/mol. The number of ether oxygens (including phenoxy) is 1. The third kappa shape index (κ3) is 7.56. The van der Waals surface area contributed by atoms with Gasteiger partial charge in [0, 0.05) is 43.6 Å². The highest BCUT2D eigenvalue weighted by molar-refractivity contribution is 6.04. The SMILES string of the molecule is C[C@@H]1CN([C@@H](C)CO)C(=O)c2cccc(NC(=O)Nc3ccc(C(F)(F)F)cc3)c2O[C@H]1CN(C)Cc1ccncc1. The maximum Gasteiger partial charge on any atom is 0.416 e. The lowest BCUT2D eigenvalue weighted by Gasteiger charge is -2.38. The summed E-state index contributed by atoms with van der Waals surface area (Å²) in [7, 11) is 1.96. The van der Waals surface area contributed by atoms with Gasteiger partial charge in [0.15, 0.2) is 5.75 Å². The second-order valence-electron chi connectivity index (χ2n) is 10.5. The molecule has 2 aromatic carbocycles. The standard InChI is InChI=1S/C30H34F3N5O4/c1-19-15-38(20(2)18-39)28(40)24-5-4-6-25(36-29(41)35-23-9-7-22(8-10-23)30(31,32)33)27(24)42-26(19)17-37(3)16-21-11-13-34-14-12-21/h4-14,19-20,26,39H,15-18H2,1-3H3,(H2,35,36,41)/t19-,20+,26+/m1/s1. The monoisotopic (exact) mass is 585 g/mol. The molecule has 0 spiro atoms. The fourth-order valence-corrected chi connectivity index (χ4v) is 4.76. The molecule has 4 rings (SSSR count). The van der Waals surface area contributed by atoms with E-state index >= 15 is 0 Å². The van der Waals surface area contributed by atoms with Crippen molar-refractivity contribution in [1.29, 1.82) is 0 Å². The number of aliphatic hydroxyl groups excluding tert-OH is 1. The number of nitrogens with zero attached hydrogens (tertiary/aromatic N) is 3. The molecular weight excluding hydrogens is 551 g/mol. The Morgan fingerprint density at radius 1 is 1.14 bits per heavy atom. The first-order valence-electron chi connectivity index (χ1n) is 13.5. The van der Waals surface area contributed by atoms with E-state index in [0.717, 1.165) is 29.8 Å². The number of alkyl halides is 3. The number of rotatable bonds is 8. The minimum Gasteiger partial charge on any atom is -0.486 e. The first-order valence-corrected chi connectivity index (χ1v) is 13.5. The molecular formula is C30H34F3N5O4. The summed E-state index contributed by atoms with van der Waals surface area (Å²) < 4.78 is 45.2. The second-order valence-corrected chi connectivity index (χ2v) is 10.5. The normalized spacial score (nSPS) is 18.0. The van der Waals surface area contributed by atoms with Crippen molar-refractivity contribution in [2.24, 2.45) is 5.92 Å². The van der Waals surface area contributed by atoms with Crippen molar-refractivity contribution in [3.63, 3.8) is 0 Å². The lowest BCUT2D eigenvalue weighted by molar-refractivity contribution is -0.137. The van der Waals surface area contributed by atoms with Gasteiger partial charge in [-0.2, -0.15) is 13.2 Å². The fourth-order valence-electron chi connectivity index (χ4n) is 4.76. The molecule has 224 valence electrons. The van der Waals surface area contributed by atoms with Gasteiger partial charge in [-0.3, -0.25) is 14.7 Å². The summed E-state index contributed by atoms with van der Waals surface area (Å²) >= 11 is 0. The number of carbonyl (C=O) groups is 2. The predicted molar refractivity (Wildman–Crippen MR) is 152 cm³/mol. The number of anilines is 2. The highest BCUT2D eigenvalue weighted by atomic mass is 19.4. The number of carbonyl (C=O) groups excluding carboxylic acids is 2. The molecule has 0 saturated heterocycles. The van der Waals surface area contributed by atoms with Crippen LogP contribution in [0.25, 0.3) is 0 Å². The molecule has 1 aliphatic heterocycles. The summed E-state index contributed by atoms with van der Waals surface area (Å²) in [5.41, 5.74) is 0.831. The highest BCUT2D eigenvalue weighted by Gasteiger charge is 2.35. The summed E-state index contributed by atoms with van der Waals surface area (Å²) in [5, 5.41) is 15.1. The van der Waals surface area contributed by atoms with Gasteiger partial charge in [0.05, 0.1) is 29.5 Å². The molecule has 42 heavy (non-hydrogen) atoms. The molecule has 0 radical (unpaired) electrons. The number of hydrogen-bond acceptors (Lipinski definition) is 6. The smallest absolute Gasteiger partial charge is 0.416 e.